The Bertz CT molecular complexity index is 3910. The molecule has 0 radical (unpaired) electrons. The van der Waals surface area contributed by atoms with Crippen LogP contribution in [0.25, 0.3) is 111 Å². The summed E-state index contributed by atoms with van der Waals surface area (Å²) in [7, 11) is 0. The molecule has 14 rings (SSSR count). The van der Waals surface area contributed by atoms with Crippen LogP contribution < -0.4 is 0 Å². The van der Waals surface area contributed by atoms with Gasteiger partial charge in [-0.25, -0.2) is 9.97 Å². The van der Waals surface area contributed by atoms with Crippen molar-refractivity contribution in [2.75, 3.05) is 0 Å². The van der Waals surface area contributed by atoms with Gasteiger partial charge in [0.15, 0.2) is 5.82 Å². The molecule has 1 aromatic heterocycles. The van der Waals surface area contributed by atoms with Gasteiger partial charge in [0, 0.05) is 16.7 Å². The third kappa shape index (κ3) is 5.57. The van der Waals surface area contributed by atoms with Gasteiger partial charge in [-0.1, -0.05) is 224 Å². The van der Waals surface area contributed by atoms with Gasteiger partial charge in [0.25, 0.3) is 0 Å². The number of fused-ring (bicyclic) bond motifs is 14. The quantitative estimate of drug-likeness (QED) is 0.127. The maximum Gasteiger partial charge on any atom is 0.160 e. The first-order valence-corrected chi connectivity index (χ1v) is 23.1. The van der Waals surface area contributed by atoms with Gasteiger partial charge in [0.2, 0.25) is 0 Å². The summed E-state index contributed by atoms with van der Waals surface area (Å²) in [5.74, 6) is 0.687. The van der Waals surface area contributed by atoms with Crippen molar-refractivity contribution in [3.05, 3.63) is 265 Å². The molecule has 310 valence electrons. The van der Waals surface area contributed by atoms with Crippen LogP contribution in [0.3, 0.4) is 0 Å². The molecule has 0 aliphatic heterocycles. The molecule has 1 heterocycles. The van der Waals surface area contributed by atoms with Gasteiger partial charge < -0.3 is 0 Å². The van der Waals surface area contributed by atoms with Crippen LogP contribution in [0.2, 0.25) is 0 Å². The summed E-state index contributed by atoms with van der Waals surface area (Å²) in [6.07, 6.45) is 0. The maximum atomic E-state index is 5.61. The predicted molar refractivity (Wildman–Crippen MR) is 278 cm³/mol. The molecule has 2 aliphatic carbocycles. The molecule has 12 aromatic rings. The lowest BCUT2D eigenvalue weighted by atomic mass is 9.69. The van der Waals surface area contributed by atoms with Gasteiger partial charge in [-0.15, -0.1) is 0 Å². The van der Waals surface area contributed by atoms with E-state index in [1.807, 2.05) is 0 Å². The van der Waals surface area contributed by atoms with Crippen LogP contribution in [0.5, 0.6) is 0 Å². The Labute approximate surface area is 389 Å². The Morgan fingerprint density at radius 1 is 0.269 bits per heavy atom. The van der Waals surface area contributed by atoms with Crippen molar-refractivity contribution in [3.8, 4) is 78.4 Å². The van der Waals surface area contributed by atoms with E-state index >= 15 is 0 Å². The first-order chi connectivity index (χ1) is 33.2. The molecule has 0 amide bonds. The molecule has 2 aliphatic rings. The fourth-order valence-corrected chi connectivity index (χ4v) is 11.6. The summed E-state index contributed by atoms with van der Waals surface area (Å²) in [5, 5.41) is 7.48. The summed E-state index contributed by atoms with van der Waals surface area (Å²) in [6.45, 7) is 0. The maximum absolute atomic E-state index is 5.61. The Morgan fingerprint density at radius 3 is 1.55 bits per heavy atom. The van der Waals surface area contributed by atoms with E-state index in [0.717, 1.165) is 39.2 Å². The first kappa shape index (κ1) is 37.6. The van der Waals surface area contributed by atoms with Gasteiger partial charge in [0.1, 0.15) is 0 Å². The molecule has 0 N–H and O–H groups in total. The normalized spacial score (nSPS) is 12.9. The number of hydrogen-bond donors (Lipinski definition) is 0. The Hall–Kier alpha value is -8.72. The second kappa shape index (κ2) is 14.7. The second-order valence-electron chi connectivity index (χ2n) is 18.0. The molecular weight excluding hydrogens is 809 g/mol. The molecule has 11 aromatic carbocycles. The molecule has 0 bridgehead atoms. The monoisotopic (exact) mass is 848 g/mol. The number of hydrogen-bond acceptors (Lipinski definition) is 2. The zero-order chi connectivity index (χ0) is 44.1. The molecule has 2 heteroatoms. The van der Waals surface area contributed by atoms with Crippen LogP contribution in [0.1, 0.15) is 22.3 Å². The highest BCUT2D eigenvalue weighted by Crippen LogP contribution is 2.64. The highest BCUT2D eigenvalue weighted by atomic mass is 14.9. The third-order valence-electron chi connectivity index (χ3n) is 14.5. The van der Waals surface area contributed by atoms with Gasteiger partial charge in [-0.2, -0.15) is 0 Å². The van der Waals surface area contributed by atoms with E-state index in [1.165, 1.54) is 88.0 Å². The summed E-state index contributed by atoms with van der Waals surface area (Å²) < 4.78 is 0. The van der Waals surface area contributed by atoms with Crippen LogP contribution in [0.4, 0.5) is 0 Å². The van der Waals surface area contributed by atoms with Crippen molar-refractivity contribution in [1.29, 1.82) is 0 Å². The Balaban J connectivity index is 0.996. The van der Waals surface area contributed by atoms with E-state index < -0.39 is 5.41 Å². The van der Waals surface area contributed by atoms with Crippen LogP contribution in [0.15, 0.2) is 243 Å². The Morgan fingerprint density at radius 2 is 0.806 bits per heavy atom. The summed E-state index contributed by atoms with van der Waals surface area (Å²) in [4.78, 5) is 11.1. The van der Waals surface area contributed by atoms with Crippen molar-refractivity contribution in [1.82, 2.24) is 9.97 Å². The van der Waals surface area contributed by atoms with Gasteiger partial charge in [-0.05, 0) is 117 Å². The summed E-state index contributed by atoms with van der Waals surface area (Å²) >= 11 is 0. The standard InChI is InChI=1S/C65H40N2/c1-2-16-41(17-3-1)45-20-14-21-47(38-45)60-40-61(55-28-15-27-54-52-26-10-13-31-59(52)65(63(54)55)57-29-11-8-24-50(57)51-25-9-12-30-58(51)65)67-64(66-60)44-34-32-43(33-35-44)62-49-23-7-5-19-46(49)39-56-48-22-6-4-18-42(48)36-37-53(56)62/h1-40H. The smallest absolute Gasteiger partial charge is 0.160 e. The minimum Gasteiger partial charge on any atom is -0.228 e. The van der Waals surface area contributed by atoms with Crippen LogP contribution in [-0.4, -0.2) is 9.97 Å². The summed E-state index contributed by atoms with van der Waals surface area (Å²) in [6, 6.07) is 88.7. The number of aromatic nitrogens is 2. The SMILES string of the molecule is c1ccc(-c2cccc(-c3cc(-c4cccc5c4C4(c6ccccc6-c6ccccc64)c4ccccc4-5)nc(-c4ccc(-c5c6ccccc6cc6c5ccc5ccccc56)cc4)n3)c2)cc1. The average molecular weight is 849 g/mol. The molecule has 0 saturated carbocycles. The zero-order valence-corrected chi connectivity index (χ0v) is 36.5. The van der Waals surface area contributed by atoms with E-state index in [2.05, 4.69) is 243 Å². The highest BCUT2D eigenvalue weighted by molar-refractivity contribution is 6.20. The van der Waals surface area contributed by atoms with E-state index in [9.17, 15) is 0 Å². The summed E-state index contributed by atoms with van der Waals surface area (Å²) in [5.41, 5.74) is 19.3. The molecule has 0 saturated heterocycles. The minimum absolute atomic E-state index is 0.525. The molecular formula is C65H40N2. The molecule has 2 nitrogen and oxygen atoms in total. The van der Waals surface area contributed by atoms with Gasteiger partial charge in [0.05, 0.1) is 16.8 Å². The number of benzene rings is 11. The highest BCUT2D eigenvalue weighted by Gasteiger charge is 2.52. The van der Waals surface area contributed by atoms with Crippen LogP contribution in [0, 0.1) is 0 Å². The molecule has 67 heavy (non-hydrogen) atoms. The topological polar surface area (TPSA) is 25.8 Å². The molecule has 0 fully saturated rings. The fraction of sp³-hybridized carbons (Fsp3) is 0.0154. The predicted octanol–water partition coefficient (Wildman–Crippen LogP) is 16.6. The number of rotatable bonds is 5. The van der Waals surface area contributed by atoms with Crippen molar-refractivity contribution in [2.45, 2.75) is 5.41 Å². The van der Waals surface area contributed by atoms with E-state index in [-0.39, 0.29) is 0 Å². The third-order valence-corrected chi connectivity index (χ3v) is 14.5. The molecule has 0 unspecified atom stereocenters. The zero-order valence-electron chi connectivity index (χ0n) is 36.5. The van der Waals surface area contributed by atoms with Crippen molar-refractivity contribution >= 4 is 32.3 Å². The van der Waals surface area contributed by atoms with Crippen molar-refractivity contribution < 1.29 is 0 Å². The van der Waals surface area contributed by atoms with Crippen molar-refractivity contribution in [3.63, 3.8) is 0 Å². The van der Waals surface area contributed by atoms with E-state index in [1.54, 1.807) is 0 Å². The van der Waals surface area contributed by atoms with Gasteiger partial charge >= 0.3 is 0 Å². The van der Waals surface area contributed by atoms with Crippen LogP contribution in [-0.2, 0) is 5.41 Å². The van der Waals surface area contributed by atoms with Crippen LogP contribution >= 0.6 is 0 Å². The lowest BCUT2D eigenvalue weighted by Crippen LogP contribution is -2.26. The fourth-order valence-electron chi connectivity index (χ4n) is 11.6. The van der Waals surface area contributed by atoms with Crippen molar-refractivity contribution in [2.24, 2.45) is 0 Å². The van der Waals surface area contributed by atoms with E-state index in [4.69, 9.17) is 9.97 Å². The molecule has 1 spiro atoms. The van der Waals surface area contributed by atoms with E-state index in [0.29, 0.717) is 5.82 Å². The average Bonchev–Trinajstić information content (AvgIpc) is 3.88. The lowest BCUT2D eigenvalue weighted by Gasteiger charge is -2.32. The Kier molecular flexibility index (Phi) is 8.23. The largest absolute Gasteiger partial charge is 0.228 e. The second-order valence-corrected chi connectivity index (χ2v) is 18.0. The first-order valence-electron chi connectivity index (χ1n) is 23.1. The lowest BCUT2D eigenvalue weighted by molar-refractivity contribution is 0.795. The molecule has 0 atom stereocenters. The van der Waals surface area contributed by atoms with Gasteiger partial charge in [-0.3, -0.25) is 0 Å². The number of nitrogens with zero attached hydrogens (tertiary/aromatic N) is 2. The minimum atomic E-state index is -0.525.